The molecule has 0 saturated carbocycles. The van der Waals surface area contributed by atoms with E-state index in [1.807, 2.05) is 0 Å². The Balaban J connectivity index is -0.000000187. The smallest absolute Gasteiger partial charge is 1.00 e. The first-order chi connectivity index (χ1) is 17.4. The average Bonchev–Trinajstić information content (AvgIpc) is 2.70. The molecule has 17 heteroatoms. The maximum absolute atomic E-state index is 11.5. The number of Topliss-reactive ketones (excluding diaryl/α,β-unsaturated/α-hetero) is 1. The molecule has 1 rings (SSSR count). The fourth-order valence-corrected chi connectivity index (χ4v) is 4.66. The number of ether oxygens (including phenoxy) is 3. The van der Waals surface area contributed by atoms with Crippen LogP contribution in [0.2, 0.25) is 0 Å². The van der Waals surface area contributed by atoms with Crippen LogP contribution in [0.25, 0.3) is 0 Å². The summed E-state index contributed by atoms with van der Waals surface area (Å²) in [6, 6.07) is -1.80. The number of methoxy groups -OCH3 is 1. The minimum absolute atomic E-state index is 0. The fraction of sp³-hybridized carbons (Fsp3) is 0.826. The van der Waals surface area contributed by atoms with E-state index in [9.17, 15) is 36.0 Å². The predicted octanol–water partition coefficient (Wildman–Crippen LogP) is -0.947. The summed E-state index contributed by atoms with van der Waals surface area (Å²) in [6.07, 6.45) is -0.202. The molecule has 0 aromatic heterocycles. The maximum atomic E-state index is 11.5. The minimum Gasteiger partial charge on any atom is -1.00 e. The van der Waals surface area contributed by atoms with Crippen LogP contribution in [0.1, 0.15) is 64.6 Å². The van der Waals surface area contributed by atoms with Crippen molar-refractivity contribution in [3.8, 4) is 0 Å². The van der Waals surface area contributed by atoms with Crippen molar-refractivity contribution in [3.63, 3.8) is 0 Å². The van der Waals surface area contributed by atoms with E-state index in [-0.39, 0.29) is 90.8 Å². The van der Waals surface area contributed by atoms with Gasteiger partial charge in [-0.2, -0.15) is 12.6 Å². The molecule has 13 nitrogen and oxygen atoms in total. The molecule has 1 aliphatic heterocycles. The molecule has 1 heterocycles. The van der Waals surface area contributed by atoms with E-state index >= 15 is 0 Å². The van der Waals surface area contributed by atoms with Gasteiger partial charge in [-0.25, -0.2) is 31.2 Å². The molecule has 1 fully saturated rings. The number of alkyl carbamates (subject to hydrolysis) is 2. The zero-order valence-corrected chi connectivity index (χ0v) is 29.8. The largest absolute Gasteiger partial charge is 1.00 e. The van der Waals surface area contributed by atoms with E-state index < -0.39 is 72.7 Å². The first-order valence-corrected chi connectivity index (χ1v) is 15.8. The zero-order chi connectivity index (χ0) is 31.2. The summed E-state index contributed by atoms with van der Waals surface area (Å²) in [6.45, 7) is 10.2. The second-order valence-electron chi connectivity index (χ2n) is 10.2. The van der Waals surface area contributed by atoms with Crippen molar-refractivity contribution in [2.45, 2.75) is 85.1 Å². The van der Waals surface area contributed by atoms with Gasteiger partial charge in [0.15, 0.2) is 15.6 Å². The molecule has 0 aliphatic carbocycles. The number of sulfone groups is 2. The van der Waals surface area contributed by atoms with Gasteiger partial charge in [-0.05, 0) is 60.6 Å². The summed E-state index contributed by atoms with van der Waals surface area (Å²) in [5.41, 5.74) is -1.35. The van der Waals surface area contributed by atoms with Crippen LogP contribution in [0.3, 0.4) is 0 Å². The Kier molecular flexibility index (Phi) is 22.5. The third kappa shape index (κ3) is 25.3. The number of amides is 2. The number of hydrogen-bond donors (Lipinski definition) is 3. The summed E-state index contributed by atoms with van der Waals surface area (Å²) in [7, 11) is -5.35. The van der Waals surface area contributed by atoms with Crippen LogP contribution in [0.4, 0.5) is 9.59 Å². The predicted molar refractivity (Wildman–Crippen MR) is 154 cm³/mol. The van der Waals surface area contributed by atoms with Gasteiger partial charge in [-0.3, -0.25) is 4.79 Å². The SMILES string of the molecule is C.CC(C)(C)OC(=O)NC1CCS(=O)(=O)CC1=O.COC(=O)[C@H](CCS(C)(=O)=O)NC(=O)OC(C)(C)C.[2H]CS.[H-].[K+]. The number of esters is 1. The number of nitrogens with one attached hydrogen (secondary N) is 2. The van der Waals surface area contributed by atoms with Gasteiger partial charge in [0.2, 0.25) is 0 Å². The maximum Gasteiger partial charge on any atom is 1.00 e. The van der Waals surface area contributed by atoms with Crippen molar-refractivity contribution >= 4 is 56.2 Å². The van der Waals surface area contributed by atoms with Crippen LogP contribution in [-0.4, -0.2) is 101 Å². The third-order valence-electron chi connectivity index (χ3n) is 4.11. The standard InChI is InChI=1S/C11H21NO6S.C10H17NO5S.CH4S.CH4.K.H/c1-11(2,3)18-10(14)12-8(9(13)17-4)6-7-19(5,15)16;1-10(2,3)16-9(13)11-7-4-5-17(14,15)6-8(7)12;1-2;;;/h8H,6-7H2,1-5H3,(H,12,14);7H,4-6H2,1-3H3,(H,11,13);2H,1H3;1H4;;/q;;;;+1;-1/t8-;;;;;/m0...../s1/i;;1D;;;. The fourth-order valence-electron chi connectivity index (χ4n) is 2.62. The summed E-state index contributed by atoms with van der Waals surface area (Å²) < 4.78 is 65.0. The Morgan fingerprint density at radius 3 is 1.95 bits per heavy atom. The molecule has 0 aromatic rings. The second kappa shape index (κ2) is 20.5. The molecule has 1 unspecified atom stereocenters. The van der Waals surface area contributed by atoms with E-state index in [0.29, 0.717) is 0 Å². The summed E-state index contributed by atoms with van der Waals surface area (Å²) in [5, 5.41) is 4.68. The van der Waals surface area contributed by atoms with Gasteiger partial charge in [0, 0.05) is 7.63 Å². The first kappa shape index (κ1) is 44.0. The van der Waals surface area contributed by atoms with Crippen molar-refractivity contribution in [1.29, 1.82) is 0 Å². The van der Waals surface area contributed by atoms with Crippen molar-refractivity contribution < 1.29 is 104 Å². The van der Waals surface area contributed by atoms with E-state index in [0.717, 1.165) is 13.4 Å². The van der Waals surface area contributed by atoms with Crippen LogP contribution in [-0.2, 0) is 43.5 Å². The molecule has 0 spiro atoms. The van der Waals surface area contributed by atoms with E-state index in [1.165, 1.54) is 0 Å². The van der Waals surface area contributed by atoms with Crippen LogP contribution in [0.15, 0.2) is 0 Å². The molecule has 234 valence electrons. The quantitative estimate of drug-likeness (QED) is 0.138. The number of rotatable bonds is 6. The van der Waals surface area contributed by atoms with Gasteiger partial charge >= 0.3 is 69.5 Å². The Morgan fingerprint density at radius 2 is 1.57 bits per heavy atom. The number of carbonyl (C=O) groups is 4. The normalized spacial score (nSPS) is 17.2. The first-order valence-electron chi connectivity index (χ1n) is 12.0. The Labute approximate surface area is 290 Å². The number of hydrogen-bond acceptors (Lipinski definition) is 12. The molecule has 1 aliphatic rings. The summed E-state index contributed by atoms with van der Waals surface area (Å²) in [4.78, 5) is 45.8. The molecule has 2 amide bonds. The van der Waals surface area contributed by atoms with Crippen molar-refractivity contribution in [3.05, 3.63) is 0 Å². The molecular weight excluding hydrogens is 616 g/mol. The van der Waals surface area contributed by atoms with Gasteiger partial charge in [0.25, 0.3) is 0 Å². The average molecular weight is 664 g/mol. The minimum atomic E-state index is -3.28. The Bertz CT molecular complexity index is 1050. The van der Waals surface area contributed by atoms with Crippen molar-refractivity contribution in [1.82, 2.24) is 10.6 Å². The topological polar surface area (TPSA) is 188 Å². The monoisotopic (exact) mass is 663 g/mol. The van der Waals surface area contributed by atoms with Crippen molar-refractivity contribution in [2.24, 2.45) is 0 Å². The molecule has 40 heavy (non-hydrogen) atoms. The summed E-state index contributed by atoms with van der Waals surface area (Å²) in [5.74, 6) is -2.02. The van der Waals surface area contributed by atoms with Crippen LogP contribution >= 0.6 is 12.6 Å². The van der Waals surface area contributed by atoms with E-state index in [4.69, 9.17) is 10.8 Å². The molecule has 0 bridgehead atoms. The Morgan fingerprint density at radius 1 is 1.12 bits per heavy atom. The van der Waals surface area contributed by atoms with Crippen LogP contribution < -0.4 is 62.0 Å². The van der Waals surface area contributed by atoms with Crippen molar-refractivity contribution in [2.75, 3.05) is 36.9 Å². The van der Waals surface area contributed by atoms with Gasteiger partial charge in [0.1, 0.15) is 32.8 Å². The molecule has 0 radical (unpaired) electrons. The number of thiol groups is 1. The second-order valence-corrected chi connectivity index (χ2v) is 14.6. The Hall–Kier alpha value is -0.434. The van der Waals surface area contributed by atoms with Crippen LogP contribution in [0, 0.1) is 0 Å². The summed E-state index contributed by atoms with van der Waals surface area (Å²) >= 11 is 3.46. The van der Waals surface area contributed by atoms with E-state index in [1.54, 1.807) is 41.5 Å². The van der Waals surface area contributed by atoms with E-state index in [2.05, 4.69) is 28.0 Å². The number of ketones is 1. The third-order valence-corrected chi connectivity index (χ3v) is 6.67. The zero-order valence-electron chi connectivity index (χ0n) is 26.2. The van der Waals surface area contributed by atoms with Gasteiger partial charge in [-0.1, -0.05) is 7.43 Å². The molecule has 1 saturated heterocycles. The van der Waals surface area contributed by atoms with Gasteiger partial charge < -0.3 is 26.3 Å². The van der Waals surface area contributed by atoms with Crippen LogP contribution in [0.5, 0.6) is 0 Å². The molecule has 2 N–H and O–H groups in total. The molecule has 0 aromatic carbocycles. The number of carbonyl (C=O) groups excluding carboxylic acids is 4. The van der Waals surface area contributed by atoms with Gasteiger partial charge in [0.05, 0.1) is 24.7 Å². The molecule has 2 atom stereocenters. The molecular formula is C23H47KN2O11S3. The van der Waals surface area contributed by atoms with Gasteiger partial charge in [-0.15, -0.1) is 0 Å².